The molecule has 1 atom stereocenters. The molecule has 0 radical (unpaired) electrons. The average molecular weight is 528 g/mol. The summed E-state index contributed by atoms with van der Waals surface area (Å²) < 4.78 is 0. The van der Waals surface area contributed by atoms with Gasteiger partial charge in [0.15, 0.2) is 5.78 Å². The van der Waals surface area contributed by atoms with Crippen molar-refractivity contribution in [2.75, 3.05) is 68.2 Å². The molecule has 0 aromatic heterocycles. The molecule has 1 fully saturated rings. The highest BCUT2D eigenvalue weighted by molar-refractivity contribution is 8.03. The van der Waals surface area contributed by atoms with Crippen LogP contribution >= 0.6 is 23.5 Å². The van der Waals surface area contributed by atoms with Crippen LogP contribution in [0.4, 0.5) is 5.69 Å². The van der Waals surface area contributed by atoms with Crippen LogP contribution in [0, 0.1) is 0 Å². The van der Waals surface area contributed by atoms with E-state index in [0.717, 1.165) is 61.1 Å². The predicted octanol–water partition coefficient (Wildman–Crippen LogP) is 4.96. The molecule has 0 aliphatic carbocycles. The second-order valence-corrected chi connectivity index (χ2v) is 11.9. The SMILES string of the molecule is CCSCCSCC(=O)N1CCN(c2ccc(C(=O)C(CC)(Cc3ccccc3)N(C)C)cc2)CC1. The lowest BCUT2D eigenvalue weighted by Gasteiger charge is -2.38. The maximum absolute atomic E-state index is 13.8. The van der Waals surface area contributed by atoms with E-state index in [0.29, 0.717) is 12.2 Å². The Morgan fingerprint density at radius 3 is 2.11 bits per heavy atom. The number of carbonyl (C=O) groups is 2. The molecular weight excluding hydrogens is 486 g/mol. The van der Waals surface area contributed by atoms with Gasteiger partial charge in [0.1, 0.15) is 0 Å². The summed E-state index contributed by atoms with van der Waals surface area (Å²) in [5, 5.41) is 0. The van der Waals surface area contributed by atoms with Crippen LogP contribution in [0.1, 0.15) is 36.2 Å². The highest BCUT2D eigenvalue weighted by Gasteiger charge is 2.39. The minimum atomic E-state index is -0.581. The summed E-state index contributed by atoms with van der Waals surface area (Å²) in [5.41, 5.74) is 2.45. The highest BCUT2D eigenvalue weighted by atomic mass is 32.2. The predicted molar refractivity (Wildman–Crippen MR) is 157 cm³/mol. The first-order chi connectivity index (χ1) is 17.4. The summed E-state index contributed by atoms with van der Waals surface area (Å²) in [6, 6.07) is 18.3. The van der Waals surface area contributed by atoms with Crippen molar-refractivity contribution in [1.29, 1.82) is 0 Å². The summed E-state index contributed by atoms with van der Waals surface area (Å²) in [7, 11) is 4.00. The molecule has 0 N–H and O–H groups in total. The Morgan fingerprint density at radius 2 is 1.53 bits per heavy atom. The second kappa shape index (κ2) is 14.1. The molecule has 0 spiro atoms. The average Bonchev–Trinajstić information content (AvgIpc) is 2.91. The Hall–Kier alpha value is -1.96. The number of amides is 1. The van der Waals surface area contributed by atoms with Crippen molar-refractivity contribution >= 4 is 40.9 Å². The summed E-state index contributed by atoms with van der Waals surface area (Å²) in [5.74, 6) is 4.27. The number of rotatable bonds is 13. The lowest BCUT2D eigenvalue weighted by Crippen LogP contribution is -2.52. The van der Waals surface area contributed by atoms with Gasteiger partial charge in [-0.2, -0.15) is 23.5 Å². The summed E-state index contributed by atoms with van der Waals surface area (Å²) in [6.07, 6.45) is 1.42. The Balaban J connectivity index is 1.59. The van der Waals surface area contributed by atoms with Crippen molar-refractivity contribution in [3.05, 3.63) is 65.7 Å². The monoisotopic (exact) mass is 527 g/mol. The van der Waals surface area contributed by atoms with Crippen molar-refractivity contribution in [3.63, 3.8) is 0 Å². The normalized spacial score (nSPS) is 15.7. The van der Waals surface area contributed by atoms with E-state index < -0.39 is 5.54 Å². The number of benzene rings is 2. The molecular formula is C29H41N3O2S2. The van der Waals surface area contributed by atoms with Gasteiger partial charge in [-0.05, 0) is 62.5 Å². The molecule has 5 nitrogen and oxygen atoms in total. The number of carbonyl (C=O) groups excluding carboxylic acids is 2. The van der Waals surface area contributed by atoms with Crippen LogP contribution in [0.2, 0.25) is 0 Å². The maximum atomic E-state index is 13.8. The number of hydrogen-bond acceptors (Lipinski definition) is 6. The lowest BCUT2D eigenvalue weighted by atomic mass is 9.80. The smallest absolute Gasteiger partial charge is 0.232 e. The van der Waals surface area contributed by atoms with Crippen LogP contribution in [-0.4, -0.2) is 90.3 Å². The van der Waals surface area contributed by atoms with Gasteiger partial charge >= 0.3 is 0 Å². The van der Waals surface area contributed by atoms with Gasteiger partial charge in [0.25, 0.3) is 0 Å². The number of likely N-dealkylation sites (N-methyl/N-ethyl adjacent to an activating group) is 1. The molecule has 36 heavy (non-hydrogen) atoms. The first-order valence-electron chi connectivity index (χ1n) is 13.0. The number of piperazine rings is 1. The fourth-order valence-corrected chi connectivity index (χ4v) is 6.53. The zero-order chi connectivity index (χ0) is 26.0. The highest BCUT2D eigenvalue weighted by Crippen LogP contribution is 2.29. The molecule has 0 bridgehead atoms. The van der Waals surface area contributed by atoms with E-state index in [9.17, 15) is 9.59 Å². The molecule has 7 heteroatoms. The zero-order valence-electron chi connectivity index (χ0n) is 22.2. The maximum Gasteiger partial charge on any atom is 0.232 e. The Morgan fingerprint density at radius 1 is 0.889 bits per heavy atom. The topological polar surface area (TPSA) is 43.9 Å². The minimum absolute atomic E-state index is 0.163. The molecule has 1 saturated heterocycles. The zero-order valence-corrected chi connectivity index (χ0v) is 23.9. The van der Waals surface area contributed by atoms with Gasteiger partial charge in [0.05, 0.1) is 11.3 Å². The first kappa shape index (κ1) is 28.6. The van der Waals surface area contributed by atoms with Crippen molar-refractivity contribution in [1.82, 2.24) is 9.80 Å². The fraction of sp³-hybridized carbons (Fsp3) is 0.517. The van der Waals surface area contributed by atoms with Gasteiger partial charge in [-0.15, -0.1) is 0 Å². The van der Waals surface area contributed by atoms with Crippen LogP contribution in [-0.2, 0) is 11.2 Å². The van der Waals surface area contributed by atoms with E-state index in [1.165, 1.54) is 5.56 Å². The van der Waals surface area contributed by atoms with E-state index >= 15 is 0 Å². The number of nitrogens with zero attached hydrogens (tertiary/aromatic N) is 3. The minimum Gasteiger partial charge on any atom is -0.368 e. The van der Waals surface area contributed by atoms with E-state index in [2.05, 4.69) is 47.9 Å². The van der Waals surface area contributed by atoms with E-state index in [-0.39, 0.29) is 11.7 Å². The number of hydrogen-bond donors (Lipinski definition) is 0. The molecule has 3 rings (SSSR count). The van der Waals surface area contributed by atoms with Crippen LogP contribution in [0.3, 0.4) is 0 Å². The Bertz CT molecular complexity index is 960. The molecule has 1 aliphatic heterocycles. The largest absolute Gasteiger partial charge is 0.368 e. The standard InChI is InChI=1S/C29H41N3O2S2/c1-5-29(30(3)4,22-24-10-8-7-9-11-24)28(34)25-12-14-26(15-13-25)31-16-18-32(19-17-31)27(33)23-36-21-20-35-6-2/h7-15H,5-6,16-23H2,1-4H3. The van der Waals surface area contributed by atoms with E-state index in [4.69, 9.17) is 0 Å². The quantitative estimate of drug-likeness (QED) is 0.271. The van der Waals surface area contributed by atoms with Gasteiger partial charge in [0, 0.05) is 48.9 Å². The van der Waals surface area contributed by atoms with E-state index in [1.807, 2.05) is 61.1 Å². The van der Waals surface area contributed by atoms with Crippen molar-refractivity contribution < 1.29 is 9.59 Å². The number of ketones is 1. The number of thioether (sulfide) groups is 2. The molecule has 0 saturated carbocycles. The Kier molecular flexibility index (Phi) is 11.2. The van der Waals surface area contributed by atoms with Crippen LogP contribution < -0.4 is 4.90 Å². The third-order valence-electron chi connectivity index (χ3n) is 7.13. The molecule has 1 unspecified atom stereocenters. The van der Waals surface area contributed by atoms with Crippen molar-refractivity contribution in [3.8, 4) is 0 Å². The third kappa shape index (κ3) is 7.30. The first-order valence-corrected chi connectivity index (χ1v) is 15.3. The number of anilines is 1. The van der Waals surface area contributed by atoms with Crippen LogP contribution in [0.5, 0.6) is 0 Å². The lowest BCUT2D eigenvalue weighted by molar-refractivity contribution is -0.128. The molecule has 1 amide bonds. The second-order valence-electron chi connectivity index (χ2n) is 9.44. The molecule has 196 valence electrons. The summed E-state index contributed by atoms with van der Waals surface area (Å²) in [6.45, 7) is 7.40. The molecule has 1 heterocycles. The fourth-order valence-electron chi connectivity index (χ4n) is 4.80. The molecule has 2 aromatic rings. The Labute approximate surface area is 226 Å². The van der Waals surface area contributed by atoms with Gasteiger partial charge in [-0.3, -0.25) is 14.5 Å². The third-order valence-corrected chi connectivity index (χ3v) is 9.24. The van der Waals surface area contributed by atoms with Gasteiger partial charge in [-0.25, -0.2) is 0 Å². The van der Waals surface area contributed by atoms with E-state index in [1.54, 1.807) is 11.8 Å². The van der Waals surface area contributed by atoms with Gasteiger partial charge in [-0.1, -0.05) is 44.2 Å². The summed E-state index contributed by atoms with van der Waals surface area (Å²) in [4.78, 5) is 32.7. The van der Waals surface area contributed by atoms with Gasteiger partial charge < -0.3 is 9.80 Å². The number of Topliss-reactive ketones (excluding diaryl/α,β-unsaturated/α-hetero) is 1. The van der Waals surface area contributed by atoms with Crippen LogP contribution in [0.15, 0.2) is 54.6 Å². The molecule has 1 aliphatic rings. The van der Waals surface area contributed by atoms with Gasteiger partial charge in [0.2, 0.25) is 5.91 Å². The van der Waals surface area contributed by atoms with Crippen LogP contribution in [0.25, 0.3) is 0 Å². The molecule has 2 aromatic carbocycles. The summed E-state index contributed by atoms with van der Waals surface area (Å²) >= 11 is 3.67. The van der Waals surface area contributed by atoms with Crippen molar-refractivity contribution in [2.24, 2.45) is 0 Å². The van der Waals surface area contributed by atoms with Crippen molar-refractivity contribution in [2.45, 2.75) is 32.2 Å².